The molecule has 1 aromatic rings. The minimum absolute atomic E-state index is 0.0164. The summed E-state index contributed by atoms with van der Waals surface area (Å²) in [6.07, 6.45) is 3.75. The van der Waals surface area contributed by atoms with Gasteiger partial charge in [0.15, 0.2) is 0 Å². The van der Waals surface area contributed by atoms with Crippen molar-refractivity contribution in [2.75, 3.05) is 26.7 Å². The van der Waals surface area contributed by atoms with Gasteiger partial charge < -0.3 is 15.0 Å². The van der Waals surface area contributed by atoms with Crippen molar-refractivity contribution in [1.82, 2.24) is 19.8 Å². The van der Waals surface area contributed by atoms with Crippen LogP contribution in [0, 0.1) is 12.3 Å². The first kappa shape index (κ1) is 17.6. The number of likely N-dealkylation sites (tertiary alicyclic amines) is 2. The predicted octanol–water partition coefficient (Wildman–Crippen LogP) is 0.0183. The second kappa shape index (κ2) is 6.59. The minimum atomic E-state index is -0.774. The highest BCUT2D eigenvalue weighted by molar-refractivity contribution is 5.78. The van der Waals surface area contributed by atoms with E-state index in [1.165, 1.54) is 6.20 Å². The summed E-state index contributed by atoms with van der Waals surface area (Å²) in [4.78, 5) is 46.0. The molecule has 2 saturated heterocycles. The second-order valence-corrected chi connectivity index (χ2v) is 7.35. The van der Waals surface area contributed by atoms with Crippen LogP contribution in [-0.2, 0) is 16.0 Å². The Balaban J connectivity index is 1.60. The highest BCUT2D eigenvalue weighted by atomic mass is 16.4. The van der Waals surface area contributed by atoms with Crippen molar-refractivity contribution in [3.63, 3.8) is 0 Å². The Labute approximate surface area is 145 Å². The van der Waals surface area contributed by atoms with Gasteiger partial charge in [-0.3, -0.25) is 19.3 Å². The summed E-state index contributed by atoms with van der Waals surface area (Å²) in [5.74, 6) is -0.324. The lowest BCUT2D eigenvalue weighted by atomic mass is 9.76. The Kier molecular flexibility index (Phi) is 4.64. The van der Waals surface area contributed by atoms with E-state index < -0.39 is 12.0 Å². The van der Waals surface area contributed by atoms with Gasteiger partial charge in [0.2, 0.25) is 5.91 Å². The van der Waals surface area contributed by atoms with Crippen LogP contribution in [-0.4, -0.2) is 69.5 Å². The lowest BCUT2D eigenvalue weighted by Crippen LogP contribution is -2.45. The summed E-state index contributed by atoms with van der Waals surface area (Å²) in [6.45, 7) is 3.67. The SMILES string of the molecule is Cc1ncc(CC(=O)N2CCC3(CC2)C[C@H](C(=O)O)N(C)C3)c(=O)[nH]1. The maximum Gasteiger partial charge on any atom is 0.320 e. The van der Waals surface area contributed by atoms with Crippen LogP contribution < -0.4 is 5.56 Å². The number of piperidine rings is 1. The molecule has 2 aliphatic rings. The highest BCUT2D eigenvalue weighted by Crippen LogP contribution is 2.42. The van der Waals surface area contributed by atoms with Gasteiger partial charge in [0, 0.05) is 31.4 Å². The number of aliphatic carboxylic acids is 1. The van der Waals surface area contributed by atoms with Crippen LogP contribution in [0.15, 0.2) is 11.0 Å². The number of carbonyl (C=O) groups is 2. The molecule has 1 amide bonds. The molecular weight excluding hydrogens is 324 g/mol. The molecule has 0 bridgehead atoms. The standard InChI is InChI=1S/C17H24N4O4/c1-11-18-9-12(15(23)19-11)7-14(22)21-5-3-17(4-6-21)8-13(16(24)25)20(2)10-17/h9,13H,3-8,10H2,1-2H3,(H,24,25)(H,18,19,23)/t13-/m1/s1. The molecule has 2 N–H and O–H groups in total. The zero-order valence-electron chi connectivity index (χ0n) is 14.6. The van der Waals surface area contributed by atoms with Crippen LogP contribution in [0.25, 0.3) is 0 Å². The van der Waals surface area contributed by atoms with E-state index in [1.807, 2.05) is 11.9 Å². The summed E-state index contributed by atoms with van der Waals surface area (Å²) >= 11 is 0. The number of amides is 1. The quantitative estimate of drug-likeness (QED) is 0.797. The molecule has 3 rings (SSSR count). The fourth-order valence-corrected chi connectivity index (χ4v) is 4.05. The number of hydrogen-bond acceptors (Lipinski definition) is 5. The molecule has 0 radical (unpaired) electrons. The van der Waals surface area contributed by atoms with Gasteiger partial charge in [-0.15, -0.1) is 0 Å². The molecule has 0 saturated carbocycles. The van der Waals surface area contributed by atoms with Crippen molar-refractivity contribution in [1.29, 1.82) is 0 Å². The third kappa shape index (κ3) is 3.58. The van der Waals surface area contributed by atoms with Crippen molar-refractivity contribution in [2.45, 2.75) is 38.6 Å². The molecule has 1 aromatic heterocycles. The van der Waals surface area contributed by atoms with Crippen LogP contribution in [0.1, 0.15) is 30.7 Å². The van der Waals surface area contributed by atoms with Gasteiger partial charge in [0.1, 0.15) is 11.9 Å². The van der Waals surface area contributed by atoms with Gasteiger partial charge in [-0.25, -0.2) is 4.98 Å². The number of aryl methyl sites for hydroxylation is 1. The van der Waals surface area contributed by atoms with Crippen molar-refractivity contribution in [3.8, 4) is 0 Å². The average molecular weight is 348 g/mol. The number of aromatic nitrogens is 2. The van der Waals surface area contributed by atoms with E-state index in [2.05, 4.69) is 9.97 Å². The Hall–Kier alpha value is -2.22. The Bertz CT molecular complexity index is 736. The Morgan fingerprint density at radius 3 is 2.64 bits per heavy atom. The van der Waals surface area contributed by atoms with Crippen LogP contribution in [0.2, 0.25) is 0 Å². The van der Waals surface area contributed by atoms with Crippen LogP contribution in [0.3, 0.4) is 0 Å². The Morgan fingerprint density at radius 1 is 1.40 bits per heavy atom. The van der Waals surface area contributed by atoms with Crippen LogP contribution in [0.5, 0.6) is 0 Å². The molecular formula is C17H24N4O4. The molecule has 1 atom stereocenters. The number of H-pyrrole nitrogens is 1. The van der Waals surface area contributed by atoms with Gasteiger partial charge >= 0.3 is 5.97 Å². The smallest absolute Gasteiger partial charge is 0.320 e. The maximum atomic E-state index is 12.5. The molecule has 8 nitrogen and oxygen atoms in total. The lowest BCUT2D eigenvalue weighted by molar-refractivity contribution is -0.142. The van der Waals surface area contributed by atoms with Crippen molar-refractivity contribution >= 4 is 11.9 Å². The molecule has 25 heavy (non-hydrogen) atoms. The lowest BCUT2D eigenvalue weighted by Gasteiger charge is -2.39. The first-order valence-electron chi connectivity index (χ1n) is 8.55. The number of carboxylic acid groups (broad SMARTS) is 1. The van der Waals surface area contributed by atoms with Crippen LogP contribution >= 0.6 is 0 Å². The molecule has 1 spiro atoms. The minimum Gasteiger partial charge on any atom is -0.480 e. The third-order valence-corrected chi connectivity index (χ3v) is 5.55. The zero-order valence-corrected chi connectivity index (χ0v) is 14.6. The van der Waals surface area contributed by atoms with Crippen molar-refractivity contribution < 1.29 is 14.7 Å². The number of aromatic amines is 1. The third-order valence-electron chi connectivity index (χ3n) is 5.55. The molecule has 136 valence electrons. The molecule has 8 heteroatoms. The summed E-state index contributed by atoms with van der Waals surface area (Å²) in [7, 11) is 1.85. The molecule has 2 aliphatic heterocycles. The normalized spacial score (nSPS) is 23.1. The number of carboxylic acids is 1. The van der Waals surface area contributed by atoms with Gasteiger partial charge in [-0.1, -0.05) is 0 Å². The molecule has 0 aromatic carbocycles. The average Bonchev–Trinajstić information content (AvgIpc) is 2.87. The molecule has 2 fully saturated rings. The van der Waals surface area contributed by atoms with E-state index in [4.69, 9.17) is 0 Å². The van der Waals surface area contributed by atoms with E-state index in [0.29, 0.717) is 30.9 Å². The largest absolute Gasteiger partial charge is 0.480 e. The van der Waals surface area contributed by atoms with E-state index in [-0.39, 0.29) is 23.3 Å². The maximum absolute atomic E-state index is 12.5. The van der Waals surface area contributed by atoms with E-state index >= 15 is 0 Å². The number of nitrogens with one attached hydrogen (secondary N) is 1. The number of rotatable bonds is 3. The van der Waals surface area contributed by atoms with Crippen LogP contribution in [0.4, 0.5) is 0 Å². The van der Waals surface area contributed by atoms with Gasteiger partial charge in [0.05, 0.1) is 6.42 Å². The van der Waals surface area contributed by atoms with E-state index in [1.54, 1.807) is 11.8 Å². The zero-order chi connectivity index (χ0) is 18.2. The molecule has 3 heterocycles. The number of hydrogen-bond donors (Lipinski definition) is 2. The monoisotopic (exact) mass is 348 g/mol. The van der Waals surface area contributed by atoms with E-state index in [0.717, 1.165) is 19.4 Å². The summed E-state index contributed by atoms with van der Waals surface area (Å²) < 4.78 is 0. The molecule has 0 unspecified atom stereocenters. The number of likely N-dealkylation sites (N-methyl/N-ethyl adjacent to an activating group) is 1. The van der Waals surface area contributed by atoms with Crippen molar-refractivity contribution in [2.24, 2.45) is 5.41 Å². The number of carbonyl (C=O) groups excluding carboxylic acids is 1. The summed E-state index contributed by atoms with van der Waals surface area (Å²) in [6, 6.07) is -0.431. The fourth-order valence-electron chi connectivity index (χ4n) is 4.05. The summed E-state index contributed by atoms with van der Waals surface area (Å²) in [5.41, 5.74) is 0.0933. The summed E-state index contributed by atoms with van der Waals surface area (Å²) in [5, 5.41) is 9.30. The fraction of sp³-hybridized carbons (Fsp3) is 0.647. The van der Waals surface area contributed by atoms with Gasteiger partial charge in [-0.05, 0) is 38.6 Å². The van der Waals surface area contributed by atoms with Gasteiger partial charge in [-0.2, -0.15) is 0 Å². The van der Waals surface area contributed by atoms with Gasteiger partial charge in [0.25, 0.3) is 5.56 Å². The predicted molar refractivity (Wildman–Crippen MR) is 90.2 cm³/mol. The Morgan fingerprint density at radius 2 is 2.08 bits per heavy atom. The van der Waals surface area contributed by atoms with Crippen molar-refractivity contribution in [3.05, 3.63) is 27.9 Å². The first-order chi connectivity index (χ1) is 11.8. The van der Waals surface area contributed by atoms with E-state index in [9.17, 15) is 19.5 Å². The highest BCUT2D eigenvalue weighted by Gasteiger charge is 2.47. The molecule has 0 aliphatic carbocycles. The number of nitrogens with zero attached hydrogens (tertiary/aromatic N) is 3. The second-order valence-electron chi connectivity index (χ2n) is 7.35. The first-order valence-corrected chi connectivity index (χ1v) is 8.55. The topological polar surface area (TPSA) is 107 Å².